The van der Waals surface area contributed by atoms with Crippen LogP contribution in [0.25, 0.3) is 0 Å². The van der Waals surface area contributed by atoms with Crippen molar-refractivity contribution in [3.63, 3.8) is 0 Å². The van der Waals surface area contributed by atoms with Gasteiger partial charge in [-0.05, 0) is 49.9 Å². The molecule has 0 spiro atoms. The smallest absolute Gasteiger partial charge is 0.237 e. The van der Waals surface area contributed by atoms with E-state index >= 15 is 0 Å². The van der Waals surface area contributed by atoms with Crippen LogP contribution in [0.1, 0.15) is 44.9 Å². The Labute approximate surface area is 177 Å². The molecule has 2 aliphatic heterocycles. The Morgan fingerprint density at radius 2 is 1.87 bits per heavy atom. The van der Waals surface area contributed by atoms with Gasteiger partial charge in [-0.1, -0.05) is 12.8 Å². The van der Waals surface area contributed by atoms with E-state index in [2.05, 4.69) is 10.2 Å². The molecule has 7 heteroatoms. The van der Waals surface area contributed by atoms with E-state index in [9.17, 15) is 14.0 Å². The Balaban J connectivity index is 1.31. The molecule has 2 amide bonds. The van der Waals surface area contributed by atoms with Crippen LogP contribution in [0.5, 0.6) is 5.75 Å². The molecule has 0 aromatic heterocycles. The number of hydrogen-bond donors (Lipinski definition) is 1. The number of benzene rings is 1. The van der Waals surface area contributed by atoms with Gasteiger partial charge in [0, 0.05) is 38.1 Å². The molecule has 0 unspecified atom stereocenters. The van der Waals surface area contributed by atoms with Crippen molar-refractivity contribution in [3.8, 4) is 5.75 Å². The first-order valence-corrected chi connectivity index (χ1v) is 11.3. The molecule has 2 heterocycles. The van der Waals surface area contributed by atoms with Crippen LogP contribution in [0, 0.1) is 11.7 Å². The van der Waals surface area contributed by atoms with Crippen molar-refractivity contribution in [1.82, 2.24) is 15.1 Å². The summed E-state index contributed by atoms with van der Waals surface area (Å²) in [4.78, 5) is 29.8. The summed E-state index contributed by atoms with van der Waals surface area (Å²) in [6.45, 7) is 3.41. The van der Waals surface area contributed by atoms with Crippen molar-refractivity contribution >= 4 is 11.8 Å². The van der Waals surface area contributed by atoms with E-state index in [1.54, 1.807) is 12.1 Å². The second-order valence-corrected chi connectivity index (χ2v) is 8.80. The summed E-state index contributed by atoms with van der Waals surface area (Å²) in [6.07, 6.45) is 6.88. The van der Waals surface area contributed by atoms with E-state index in [0.29, 0.717) is 31.5 Å². The van der Waals surface area contributed by atoms with Crippen LogP contribution in [-0.4, -0.2) is 66.5 Å². The molecule has 3 aliphatic rings. The van der Waals surface area contributed by atoms with Crippen LogP contribution < -0.4 is 10.1 Å². The number of piperazine rings is 1. The van der Waals surface area contributed by atoms with E-state index in [1.807, 2.05) is 4.90 Å². The van der Waals surface area contributed by atoms with Gasteiger partial charge in [-0.3, -0.25) is 14.5 Å². The number of carbonyl (C=O) groups is 2. The summed E-state index contributed by atoms with van der Waals surface area (Å²) in [5.41, 5.74) is 0. The number of nitrogens with one attached hydrogen (secondary N) is 1. The molecule has 1 saturated carbocycles. The standard InChI is InChI=1S/C23H32FN3O3/c24-18-7-9-20(10-8-18)30-16-17-4-3-12-26(15-17)22(28)14-21-23(29)25-11-13-27(21)19-5-1-2-6-19/h7-10,17,19,21H,1-6,11-16H2,(H,25,29)/t17-,21-/m0/s1. The molecule has 3 fully saturated rings. The number of amides is 2. The zero-order valence-electron chi connectivity index (χ0n) is 17.5. The number of hydrogen-bond acceptors (Lipinski definition) is 4. The lowest BCUT2D eigenvalue weighted by Gasteiger charge is -2.40. The molecule has 2 saturated heterocycles. The Morgan fingerprint density at radius 1 is 1.10 bits per heavy atom. The van der Waals surface area contributed by atoms with E-state index in [1.165, 1.54) is 25.0 Å². The topological polar surface area (TPSA) is 61.9 Å². The molecular formula is C23H32FN3O3. The summed E-state index contributed by atoms with van der Waals surface area (Å²) in [6, 6.07) is 6.12. The Bertz CT molecular complexity index is 736. The monoisotopic (exact) mass is 417 g/mol. The molecule has 164 valence electrons. The molecule has 1 N–H and O–H groups in total. The largest absolute Gasteiger partial charge is 0.493 e. The van der Waals surface area contributed by atoms with Gasteiger partial charge in [0.1, 0.15) is 11.6 Å². The van der Waals surface area contributed by atoms with Crippen LogP contribution in [0.2, 0.25) is 0 Å². The average Bonchev–Trinajstić information content (AvgIpc) is 3.30. The van der Waals surface area contributed by atoms with Crippen molar-refractivity contribution in [1.29, 1.82) is 0 Å². The van der Waals surface area contributed by atoms with Gasteiger partial charge in [0.2, 0.25) is 11.8 Å². The summed E-state index contributed by atoms with van der Waals surface area (Å²) in [5, 5.41) is 2.95. The first kappa shape index (κ1) is 21.1. The third kappa shape index (κ3) is 5.12. The fourth-order valence-corrected chi connectivity index (χ4v) is 5.08. The van der Waals surface area contributed by atoms with Gasteiger partial charge in [0.05, 0.1) is 19.1 Å². The number of halogens is 1. The van der Waals surface area contributed by atoms with Gasteiger partial charge in [0.25, 0.3) is 0 Å². The number of rotatable bonds is 6. The van der Waals surface area contributed by atoms with Crippen LogP contribution in [-0.2, 0) is 9.59 Å². The van der Waals surface area contributed by atoms with Gasteiger partial charge in [-0.25, -0.2) is 4.39 Å². The summed E-state index contributed by atoms with van der Waals surface area (Å²) in [5.74, 6) is 0.668. The van der Waals surface area contributed by atoms with Crippen LogP contribution >= 0.6 is 0 Å². The highest BCUT2D eigenvalue weighted by atomic mass is 19.1. The number of likely N-dealkylation sites (tertiary alicyclic amines) is 1. The molecule has 30 heavy (non-hydrogen) atoms. The average molecular weight is 418 g/mol. The van der Waals surface area contributed by atoms with Crippen molar-refractivity contribution in [2.45, 2.75) is 57.0 Å². The second kappa shape index (κ2) is 9.77. The predicted molar refractivity (Wildman–Crippen MR) is 112 cm³/mol. The molecule has 1 aliphatic carbocycles. The van der Waals surface area contributed by atoms with Gasteiger partial charge < -0.3 is 15.0 Å². The molecule has 1 aromatic rings. The minimum atomic E-state index is -0.342. The van der Waals surface area contributed by atoms with E-state index < -0.39 is 0 Å². The maximum Gasteiger partial charge on any atom is 0.237 e. The molecular weight excluding hydrogens is 385 g/mol. The fourth-order valence-electron chi connectivity index (χ4n) is 5.08. The van der Waals surface area contributed by atoms with Crippen LogP contribution in [0.3, 0.4) is 0 Å². The maximum atomic E-state index is 13.1. The third-order valence-corrected chi connectivity index (χ3v) is 6.70. The number of carbonyl (C=O) groups excluding carboxylic acids is 2. The molecule has 4 rings (SSSR count). The minimum absolute atomic E-state index is 0.00491. The van der Waals surface area contributed by atoms with Crippen molar-refractivity contribution in [2.75, 3.05) is 32.8 Å². The molecule has 0 bridgehead atoms. The molecule has 0 radical (unpaired) electrons. The highest BCUT2D eigenvalue weighted by molar-refractivity contribution is 5.89. The van der Waals surface area contributed by atoms with Crippen molar-refractivity contribution in [3.05, 3.63) is 30.1 Å². The summed E-state index contributed by atoms with van der Waals surface area (Å²) in [7, 11) is 0. The van der Waals surface area contributed by atoms with E-state index in [0.717, 1.165) is 38.8 Å². The van der Waals surface area contributed by atoms with Crippen LogP contribution in [0.4, 0.5) is 4.39 Å². The van der Waals surface area contributed by atoms with Gasteiger partial charge in [0.15, 0.2) is 0 Å². The highest BCUT2D eigenvalue weighted by Crippen LogP contribution is 2.28. The highest BCUT2D eigenvalue weighted by Gasteiger charge is 2.38. The maximum absolute atomic E-state index is 13.1. The number of ether oxygens (including phenoxy) is 1. The zero-order chi connectivity index (χ0) is 20.9. The molecule has 6 nitrogen and oxygen atoms in total. The Hall–Kier alpha value is -2.15. The first-order chi connectivity index (χ1) is 14.6. The predicted octanol–water partition coefficient (Wildman–Crippen LogP) is 2.58. The number of piperidine rings is 1. The zero-order valence-corrected chi connectivity index (χ0v) is 17.5. The molecule has 2 atom stereocenters. The fraction of sp³-hybridized carbons (Fsp3) is 0.652. The lowest BCUT2D eigenvalue weighted by molar-refractivity contribution is -0.141. The summed E-state index contributed by atoms with van der Waals surface area (Å²) < 4.78 is 18.8. The SMILES string of the molecule is O=C1NCCN(C2CCCC2)[C@H]1CC(=O)N1CCC[C@H](COc2ccc(F)cc2)C1. The molecule has 1 aromatic carbocycles. The van der Waals surface area contributed by atoms with Gasteiger partial charge in [-0.2, -0.15) is 0 Å². The summed E-state index contributed by atoms with van der Waals surface area (Å²) >= 11 is 0. The quantitative estimate of drug-likeness (QED) is 0.773. The van der Waals surface area contributed by atoms with Gasteiger partial charge in [-0.15, -0.1) is 0 Å². The lowest BCUT2D eigenvalue weighted by atomic mass is 9.97. The normalized spacial score (nSPS) is 25.9. The Kier molecular flexibility index (Phi) is 6.87. The van der Waals surface area contributed by atoms with E-state index in [4.69, 9.17) is 4.74 Å². The number of nitrogens with zero attached hydrogens (tertiary/aromatic N) is 2. The van der Waals surface area contributed by atoms with Crippen molar-refractivity contribution < 1.29 is 18.7 Å². The van der Waals surface area contributed by atoms with E-state index in [-0.39, 0.29) is 36.0 Å². The Morgan fingerprint density at radius 3 is 2.63 bits per heavy atom. The van der Waals surface area contributed by atoms with Crippen LogP contribution in [0.15, 0.2) is 24.3 Å². The first-order valence-electron chi connectivity index (χ1n) is 11.3. The van der Waals surface area contributed by atoms with Crippen molar-refractivity contribution in [2.24, 2.45) is 5.92 Å². The second-order valence-electron chi connectivity index (χ2n) is 8.80. The third-order valence-electron chi connectivity index (χ3n) is 6.70. The van der Waals surface area contributed by atoms with Gasteiger partial charge >= 0.3 is 0 Å². The lowest BCUT2D eigenvalue weighted by Crippen LogP contribution is -2.59. The minimum Gasteiger partial charge on any atom is -0.493 e.